The van der Waals surface area contributed by atoms with E-state index < -0.39 is 0 Å². The predicted molar refractivity (Wildman–Crippen MR) is 77.5 cm³/mol. The van der Waals surface area contributed by atoms with Crippen LogP contribution >= 0.6 is 23.2 Å². The maximum Gasteiger partial charge on any atom is 0.0637 e. The van der Waals surface area contributed by atoms with Crippen molar-refractivity contribution in [3.63, 3.8) is 0 Å². The summed E-state index contributed by atoms with van der Waals surface area (Å²) in [7, 11) is 4.06. The molecule has 1 aromatic carbocycles. The Bertz CT molecular complexity index is 359. The Balaban J connectivity index is 2.13. The van der Waals surface area contributed by atoms with Gasteiger partial charge in [0.25, 0.3) is 0 Å². The number of benzene rings is 1. The van der Waals surface area contributed by atoms with Crippen molar-refractivity contribution >= 4 is 23.2 Å². The fraction of sp³-hybridized carbons (Fsp3) is 0.538. The molecule has 0 aliphatic rings. The van der Waals surface area contributed by atoms with E-state index >= 15 is 0 Å². The third-order valence-electron chi connectivity index (χ3n) is 2.45. The highest BCUT2D eigenvalue weighted by Crippen LogP contribution is 2.25. The Kier molecular flexibility index (Phi) is 7.63. The third-order valence-corrected chi connectivity index (χ3v) is 3.31. The molecule has 1 rings (SSSR count). The first kappa shape index (κ1) is 15.7. The summed E-state index contributed by atoms with van der Waals surface area (Å²) in [5.74, 6) is 0. The van der Waals surface area contributed by atoms with Gasteiger partial charge in [0, 0.05) is 19.6 Å². The van der Waals surface area contributed by atoms with Gasteiger partial charge in [-0.2, -0.15) is 0 Å². The van der Waals surface area contributed by atoms with Crippen LogP contribution in [0.3, 0.4) is 0 Å². The zero-order valence-electron chi connectivity index (χ0n) is 10.9. The second-order valence-corrected chi connectivity index (χ2v) is 5.09. The minimum Gasteiger partial charge on any atom is -0.379 e. The first-order chi connectivity index (χ1) is 8.61. The molecule has 0 aromatic heterocycles. The van der Waals surface area contributed by atoms with Gasteiger partial charge in [-0.05, 0) is 25.7 Å². The van der Waals surface area contributed by atoms with Gasteiger partial charge in [-0.25, -0.2) is 0 Å². The number of hydrogen-bond donors (Lipinski definition) is 1. The topological polar surface area (TPSA) is 24.5 Å². The van der Waals surface area contributed by atoms with E-state index in [4.69, 9.17) is 27.9 Å². The molecule has 102 valence electrons. The van der Waals surface area contributed by atoms with E-state index in [-0.39, 0.29) is 0 Å². The van der Waals surface area contributed by atoms with Crippen molar-refractivity contribution in [1.82, 2.24) is 10.2 Å². The number of rotatable bonds is 8. The van der Waals surface area contributed by atoms with Crippen LogP contribution in [0.5, 0.6) is 0 Å². The van der Waals surface area contributed by atoms with E-state index in [0.29, 0.717) is 23.2 Å². The number of nitrogens with zero attached hydrogens (tertiary/aromatic N) is 1. The van der Waals surface area contributed by atoms with Crippen LogP contribution in [0.15, 0.2) is 18.2 Å². The van der Waals surface area contributed by atoms with Crippen LogP contribution in [0.1, 0.15) is 5.56 Å². The summed E-state index contributed by atoms with van der Waals surface area (Å²) in [5, 5.41) is 4.50. The molecule has 1 N–H and O–H groups in total. The normalized spacial score (nSPS) is 11.2. The summed E-state index contributed by atoms with van der Waals surface area (Å²) in [6, 6.07) is 5.66. The number of likely N-dealkylation sites (N-methyl/N-ethyl adjacent to an activating group) is 1. The molecule has 0 amide bonds. The Labute approximate surface area is 119 Å². The van der Waals surface area contributed by atoms with Crippen LogP contribution in [-0.4, -0.2) is 45.3 Å². The quantitative estimate of drug-likeness (QED) is 0.745. The highest BCUT2D eigenvalue weighted by atomic mass is 35.5. The lowest BCUT2D eigenvalue weighted by molar-refractivity contribution is 0.119. The fourth-order valence-corrected chi connectivity index (χ4v) is 1.79. The van der Waals surface area contributed by atoms with Crippen molar-refractivity contribution in [3.05, 3.63) is 33.8 Å². The van der Waals surface area contributed by atoms with Gasteiger partial charge in [0.05, 0.1) is 23.3 Å². The molecule has 18 heavy (non-hydrogen) atoms. The van der Waals surface area contributed by atoms with Crippen LogP contribution in [0.25, 0.3) is 0 Å². The average Bonchev–Trinajstić information content (AvgIpc) is 2.32. The van der Waals surface area contributed by atoms with Crippen LogP contribution in [-0.2, 0) is 11.3 Å². The van der Waals surface area contributed by atoms with Gasteiger partial charge in [-0.3, -0.25) is 0 Å². The summed E-state index contributed by atoms with van der Waals surface area (Å²) >= 11 is 12.0. The SMILES string of the molecule is CN(C)CCOCCNCc1cccc(Cl)c1Cl. The van der Waals surface area contributed by atoms with Crippen molar-refractivity contribution in [1.29, 1.82) is 0 Å². The molecule has 0 atom stereocenters. The van der Waals surface area contributed by atoms with Gasteiger partial charge in [0.2, 0.25) is 0 Å². The van der Waals surface area contributed by atoms with Gasteiger partial charge in [0.15, 0.2) is 0 Å². The molecule has 0 aliphatic heterocycles. The number of ether oxygens (including phenoxy) is 1. The van der Waals surface area contributed by atoms with Gasteiger partial charge in [-0.15, -0.1) is 0 Å². The van der Waals surface area contributed by atoms with Crippen molar-refractivity contribution in [3.8, 4) is 0 Å². The lowest BCUT2D eigenvalue weighted by Crippen LogP contribution is -2.23. The Morgan fingerprint density at radius 2 is 2.00 bits per heavy atom. The first-order valence-corrected chi connectivity index (χ1v) is 6.73. The molecular formula is C13H20Cl2N2O. The highest BCUT2D eigenvalue weighted by molar-refractivity contribution is 6.42. The minimum absolute atomic E-state index is 0.596. The minimum atomic E-state index is 0.596. The second-order valence-electron chi connectivity index (χ2n) is 4.31. The molecule has 0 heterocycles. The van der Waals surface area contributed by atoms with Crippen LogP contribution < -0.4 is 5.32 Å². The number of halogens is 2. The van der Waals surface area contributed by atoms with E-state index in [1.165, 1.54) is 0 Å². The van der Waals surface area contributed by atoms with E-state index in [0.717, 1.165) is 25.3 Å². The van der Waals surface area contributed by atoms with Crippen LogP contribution in [0, 0.1) is 0 Å². The Hall–Kier alpha value is -0.320. The third kappa shape index (κ3) is 6.03. The van der Waals surface area contributed by atoms with Crippen molar-refractivity contribution < 1.29 is 4.74 Å². The largest absolute Gasteiger partial charge is 0.379 e. The molecule has 0 radical (unpaired) electrons. The monoisotopic (exact) mass is 290 g/mol. The van der Waals surface area contributed by atoms with Crippen LogP contribution in [0.4, 0.5) is 0 Å². The second kappa shape index (κ2) is 8.73. The molecule has 0 unspecified atom stereocenters. The summed E-state index contributed by atoms with van der Waals surface area (Å²) in [6.07, 6.45) is 0. The van der Waals surface area contributed by atoms with Crippen molar-refractivity contribution in [2.75, 3.05) is 40.4 Å². The standard InChI is InChI=1S/C13H20Cl2N2O/c1-17(2)7-9-18-8-6-16-10-11-4-3-5-12(14)13(11)15/h3-5,16H,6-10H2,1-2H3. The molecule has 0 bridgehead atoms. The van der Waals surface area contributed by atoms with Gasteiger partial charge in [-0.1, -0.05) is 35.3 Å². The van der Waals surface area contributed by atoms with E-state index in [9.17, 15) is 0 Å². The first-order valence-electron chi connectivity index (χ1n) is 5.97. The molecular weight excluding hydrogens is 271 g/mol. The molecule has 0 fully saturated rings. The summed E-state index contributed by atoms with van der Waals surface area (Å²) in [5.41, 5.74) is 1.01. The molecule has 1 aromatic rings. The maximum atomic E-state index is 6.08. The lowest BCUT2D eigenvalue weighted by atomic mass is 10.2. The summed E-state index contributed by atoms with van der Waals surface area (Å²) < 4.78 is 5.47. The Morgan fingerprint density at radius 1 is 1.22 bits per heavy atom. The molecule has 0 spiro atoms. The zero-order chi connectivity index (χ0) is 13.4. The fourth-order valence-electron chi connectivity index (χ4n) is 1.40. The number of hydrogen-bond acceptors (Lipinski definition) is 3. The zero-order valence-corrected chi connectivity index (χ0v) is 12.4. The summed E-state index contributed by atoms with van der Waals surface area (Å²) in [6.45, 7) is 3.91. The highest BCUT2D eigenvalue weighted by Gasteiger charge is 2.03. The Morgan fingerprint density at radius 3 is 2.72 bits per heavy atom. The summed E-state index contributed by atoms with van der Waals surface area (Å²) in [4.78, 5) is 2.10. The van der Waals surface area contributed by atoms with Crippen molar-refractivity contribution in [2.24, 2.45) is 0 Å². The van der Waals surface area contributed by atoms with E-state index in [1.807, 2.05) is 26.2 Å². The maximum absolute atomic E-state index is 6.08. The van der Waals surface area contributed by atoms with E-state index in [1.54, 1.807) is 6.07 Å². The molecule has 0 saturated heterocycles. The molecule has 0 aliphatic carbocycles. The molecule has 3 nitrogen and oxygen atoms in total. The van der Waals surface area contributed by atoms with Crippen molar-refractivity contribution in [2.45, 2.75) is 6.54 Å². The smallest absolute Gasteiger partial charge is 0.0637 e. The van der Waals surface area contributed by atoms with Crippen LogP contribution in [0.2, 0.25) is 10.0 Å². The van der Waals surface area contributed by atoms with Gasteiger partial charge >= 0.3 is 0 Å². The van der Waals surface area contributed by atoms with Gasteiger partial charge in [0.1, 0.15) is 0 Å². The number of nitrogens with one attached hydrogen (secondary N) is 1. The van der Waals surface area contributed by atoms with E-state index in [2.05, 4.69) is 10.2 Å². The molecule has 0 saturated carbocycles. The average molecular weight is 291 g/mol. The predicted octanol–water partition coefficient (Wildman–Crippen LogP) is 2.66. The lowest BCUT2D eigenvalue weighted by Gasteiger charge is -2.10. The molecule has 5 heteroatoms. The van der Waals surface area contributed by atoms with Gasteiger partial charge < -0.3 is 15.0 Å².